The zero-order valence-corrected chi connectivity index (χ0v) is 10.2. The summed E-state index contributed by atoms with van der Waals surface area (Å²) in [7, 11) is 0. The third-order valence-corrected chi connectivity index (χ3v) is 2.31. The first-order chi connectivity index (χ1) is 7.66. The molecule has 0 aromatic heterocycles. The molecule has 0 saturated carbocycles. The molecule has 4 nitrogen and oxygen atoms in total. The molecule has 16 heavy (non-hydrogen) atoms. The number of guanidine groups is 1. The van der Waals surface area contributed by atoms with Crippen molar-refractivity contribution < 1.29 is 5.11 Å². The molecule has 0 rings (SSSR count). The summed E-state index contributed by atoms with van der Waals surface area (Å²) in [5, 5.41) is 9.60. The predicted molar refractivity (Wildman–Crippen MR) is 69.2 cm³/mol. The van der Waals surface area contributed by atoms with Crippen molar-refractivity contribution >= 4 is 5.96 Å². The second kappa shape index (κ2) is 10.5. The molecule has 1 atom stereocenters. The fourth-order valence-electron chi connectivity index (χ4n) is 1.39. The van der Waals surface area contributed by atoms with Gasteiger partial charge in [-0.1, -0.05) is 38.3 Å². The molecule has 0 aromatic rings. The van der Waals surface area contributed by atoms with Crippen LogP contribution in [0.25, 0.3) is 0 Å². The van der Waals surface area contributed by atoms with Crippen molar-refractivity contribution in [3.05, 3.63) is 12.2 Å². The summed E-state index contributed by atoms with van der Waals surface area (Å²) >= 11 is 0. The first kappa shape index (κ1) is 15.0. The average molecular weight is 227 g/mol. The summed E-state index contributed by atoms with van der Waals surface area (Å²) in [6.07, 6.45) is 9.75. The summed E-state index contributed by atoms with van der Waals surface area (Å²) in [5.41, 5.74) is 10.4. The molecular weight excluding hydrogens is 202 g/mol. The highest BCUT2D eigenvalue weighted by Gasteiger charge is 1.99. The van der Waals surface area contributed by atoms with Crippen LogP contribution in [0.4, 0.5) is 0 Å². The SMILES string of the molecule is CCCCC[C@@H](O)C/C=C/CCN=C(N)N. The van der Waals surface area contributed by atoms with Crippen molar-refractivity contribution in [3.63, 3.8) is 0 Å². The lowest BCUT2D eigenvalue weighted by atomic mass is 10.1. The van der Waals surface area contributed by atoms with E-state index in [1.165, 1.54) is 12.8 Å². The normalized spacial score (nSPS) is 12.9. The number of nitrogens with zero attached hydrogens (tertiary/aromatic N) is 1. The zero-order valence-electron chi connectivity index (χ0n) is 10.2. The molecule has 0 amide bonds. The first-order valence-electron chi connectivity index (χ1n) is 6.05. The summed E-state index contributed by atoms with van der Waals surface area (Å²) in [6, 6.07) is 0. The number of aliphatic imine (C=N–C) groups is 1. The van der Waals surface area contributed by atoms with E-state index in [-0.39, 0.29) is 12.1 Å². The van der Waals surface area contributed by atoms with Gasteiger partial charge in [-0.25, -0.2) is 0 Å². The maximum absolute atomic E-state index is 9.60. The summed E-state index contributed by atoms with van der Waals surface area (Å²) in [5.74, 6) is 0.132. The van der Waals surface area contributed by atoms with Gasteiger partial charge in [-0.05, 0) is 19.3 Å². The minimum Gasteiger partial charge on any atom is -0.393 e. The third kappa shape index (κ3) is 11.0. The van der Waals surface area contributed by atoms with E-state index in [1.807, 2.05) is 12.2 Å². The van der Waals surface area contributed by atoms with Crippen molar-refractivity contribution in [1.82, 2.24) is 0 Å². The van der Waals surface area contributed by atoms with Gasteiger partial charge in [-0.15, -0.1) is 0 Å². The highest BCUT2D eigenvalue weighted by atomic mass is 16.3. The fraction of sp³-hybridized carbons (Fsp3) is 0.750. The van der Waals surface area contributed by atoms with E-state index in [1.54, 1.807) is 0 Å². The lowest BCUT2D eigenvalue weighted by Crippen LogP contribution is -2.22. The van der Waals surface area contributed by atoms with Crippen LogP contribution in [-0.4, -0.2) is 23.7 Å². The van der Waals surface area contributed by atoms with Crippen LogP contribution in [0.3, 0.4) is 0 Å². The Morgan fingerprint density at radius 1 is 1.31 bits per heavy atom. The van der Waals surface area contributed by atoms with Crippen LogP contribution >= 0.6 is 0 Å². The van der Waals surface area contributed by atoms with Gasteiger partial charge in [0.05, 0.1) is 6.10 Å². The van der Waals surface area contributed by atoms with Gasteiger partial charge in [0.1, 0.15) is 0 Å². The van der Waals surface area contributed by atoms with Gasteiger partial charge >= 0.3 is 0 Å². The van der Waals surface area contributed by atoms with Crippen molar-refractivity contribution in [2.75, 3.05) is 6.54 Å². The minimum absolute atomic E-state index is 0.132. The van der Waals surface area contributed by atoms with Crippen LogP contribution in [-0.2, 0) is 0 Å². The average Bonchev–Trinajstić information content (AvgIpc) is 2.23. The molecule has 0 bridgehead atoms. The standard InChI is InChI=1S/C12H25N3O/c1-2-3-5-8-11(16)9-6-4-7-10-15-12(13)14/h4,6,11,16H,2-3,5,7-10H2,1H3,(H4,13,14,15)/b6-4+/t11-/m1/s1. The molecule has 0 aromatic carbocycles. The molecule has 0 saturated heterocycles. The van der Waals surface area contributed by atoms with Crippen molar-refractivity contribution in [2.24, 2.45) is 16.5 Å². The maximum Gasteiger partial charge on any atom is 0.185 e. The Labute approximate surface area is 98.4 Å². The molecule has 0 radical (unpaired) electrons. The van der Waals surface area contributed by atoms with Crippen molar-refractivity contribution in [1.29, 1.82) is 0 Å². The van der Waals surface area contributed by atoms with Gasteiger partial charge in [0.15, 0.2) is 5.96 Å². The summed E-state index contributed by atoms with van der Waals surface area (Å²) in [6.45, 7) is 2.78. The van der Waals surface area contributed by atoms with Gasteiger partial charge in [-0.3, -0.25) is 4.99 Å². The molecule has 0 unspecified atom stereocenters. The second-order valence-corrected chi connectivity index (χ2v) is 3.95. The summed E-state index contributed by atoms with van der Waals surface area (Å²) < 4.78 is 0. The Morgan fingerprint density at radius 3 is 2.69 bits per heavy atom. The highest BCUT2D eigenvalue weighted by molar-refractivity contribution is 5.75. The number of hydrogen-bond donors (Lipinski definition) is 3. The molecule has 94 valence electrons. The van der Waals surface area contributed by atoms with Gasteiger partial charge in [0.2, 0.25) is 0 Å². The molecule has 0 heterocycles. The van der Waals surface area contributed by atoms with Crippen LogP contribution in [0.1, 0.15) is 45.4 Å². The Balaban J connectivity index is 3.40. The lowest BCUT2D eigenvalue weighted by molar-refractivity contribution is 0.164. The van der Waals surface area contributed by atoms with Crippen molar-refractivity contribution in [3.8, 4) is 0 Å². The number of aliphatic hydroxyl groups is 1. The van der Waals surface area contributed by atoms with Crippen molar-refractivity contribution in [2.45, 2.75) is 51.6 Å². The van der Waals surface area contributed by atoms with Crippen LogP contribution < -0.4 is 11.5 Å². The number of rotatable bonds is 9. The van der Waals surface area contributed by atoms with E-state index in [4.69, 9.17) is 11.5 Å². The Morgan fingerprint density at radius 2 is 2.06 bits per heavy atom. The lowest BCUT2D eigenvalue weighted by Gasteiger charge is -2.06. The largest absolute Gasteiger partial charge is 0.393 e. The number of nitrogens with two attached hydrogens (primary N) is 2. The highest BCUT2D eigenvalue weighted by Crippen LogP contribution is 2.06. The first-order valence-corrected chi connectivity index (χ1v) is 6.05. The fourth-order valence-corrected chi connectivity index (χ4v) is 1.39. The van der Waals surface area contributed by atoms with E-state index in [0.717, 1.165) is 25.7 Å². The Hall–Kier alpha value is -1.03. The van der Waals surface area contributed by atoms with Gasteiger partial charge < -0.3 is 16.6 Å². The van der Waals surface area contributed by atoms with E-state index in [9.17, 15) is 5.11 Å². The molecule has 0 spiro atoms. The topological polar surface area (TPSA) is 84.6 Å². The van der Waals surface area contributed by atoms with Gasteiger partial charge in [0, 0.05) is 6.54 Å². The molecule has 0 fully saturated rings. The number of unbranched alkanes of at least 4 members (excludes halogenated alkanes) is 2. The maximum atomic E-state index is 9.60. The second-order valence-electron chi connectivity index (χ2n) is 3.95. The Kier molecular flexibility index (Phi) is 9.81. The van der Waals surface area contributed by atoms with Crippen LogP contribution in [0, 0.1) is 0 Å². The molecule has 5 N–H and O–H groups in total. The monoisotopic (exact) mass is 227 g/mol. The van der Waals surface area contributed by atoms with E-state index in [0.29, 0.717) is 6.54 Å². The number of hydrogen-bond acceptors (Lipinski definition) is 2. The van der Waals surface area contributed by atoms with Crippen LogP contribution in [0.15, 0.2) is 17.1 Å². The predicted octanol–water partition coefficient (Wildman–Crippen LogP) is 1.54. The molecular formula is C12H25N3O. The molecule has 0 aliphatic rings. The third-order valence-electron chi connectivity index (χ3n) is 2.31. The number of aliphatic hydroxyl groups excluding tert-OH is 1. The van der Waals surface area contributed by atoms with Gasteiger partial charge in [-0.2, -0.15) is 0 Å². The molecule has 4 heteroatoms. The summed E-state index contributed by atoms with van der Waals surface area (Å²) in [4.78, 5) is 3.86. The van der Waals surface area contributed by atoms with Crippen LogP contribution in [0.2, 0.25) is 0 Å². The van der Waals surface area contributed by atoms with E-state index in [2.05, 4.69) is 11.9 Å². The Bertz CT molecular complexity index is 210. The van der Waals surface area contributed by atoms with Crippen LogP contribution in [0.5, 0.6) is 0 Å². The minimum atomic E-state index is -0.203. The van der Waals surface area contributed by atoms with E-state index < -0.39 is 0 Å². The van der Waals surface area contributed by atoms with Gasteiger partial charge in [0.25, 0.3) is 0 Å². The van der Waals surface area contributed by atoms with E-state index >= 15 is 0 Å². The molecule has 0 aliphatic heterocycles. The smallest absolute Gasteiger partial charge is 0.185 e. The zero-order chi connectivity index (χ0) is 12.2. The quantitative estimate of drug-likeness (QED) is 0.242. The molecule has 0 aliphatic carbocycles.